The van der Waals surface area contributed by atoms with Gasteiger partial charge in [0.2, 0.25) is 0 Å². The Kier molecular flexibility index (Phi) is 4.00. The topological polar surface area (TPSA) is 29.5 Å². The van der Waals surface area contributed by atoms with Crippen LogP contribution < -0.4 is 4.74 Å². The molecule has 0 aliphatic heterocycles. The van der Waals surface area contributed by atoms with Crippen LogP contribution in [0.4, 0.5) is 0 Å². The van der Waals surface area contributed by atoms with Crippen molar-refractivity contribution in [1.29, 1.82) is 0 Å². The number of rotatable bonds is 4. The second kappa shape index (κ2) is 4.86. The van der Waals surface area contributed by atoms with Crippen molar-refractivity contribution in [2.24, 2.45) is 0 Å². The summed E-state index contributed by atoms with van der Waals surface area (Å²) in [5.41, 5.74) is -0.211. The van der Waals surface area contributed by atoms with Crippen LogP contribution in [0.2, 0.25) is 5.02 Å². The first-order valence-electron chi connectivity index (χ1n) is 5.10. The zero-order chi connectivity index (χ0) is 11.5. The maximum Gasteiger partial charge on any atom is 0.125 e. The van der Waals surface area contributed by atoms with Crippen molar-refractivity contribution in [3.8, 4) is 5.75 Å². The van der Waals surface area contributed by atoms with Gasteiger partial charge in [0.15, 0.2) is 0 Å². The van der Waals surface area contributed by atoms with E-state index in [9.17, 15) is 5.11 Å². The molecule has 2 nitrogen and oxygen atoms in total. The van der Waals surface area contributed by atoms with Crippen LogP contribution in [0.3, 0.4) is 0 Å². The van der Waals surface area contributed by atoms with E-state index in [0.29, 0.717) is 17.4 Å². The Balaban J connectivity index is 3.04. The number of hydrogen-bond donors (Lipinski definition) is 1. The normalized spacial score (nSPS) is 11.5. The molecule has 0 fully saturated rings. The highest BCUT2D eigenvalue weighted by atomic mass is 35.5. The minimum absolute atomic E-state index is 0.607. The Hall–Kier alpha value is -0.730. The maximum absolute atomic E-state index is 9.95. The third-order valence-corrected chi connectivity index (χ3v) is 2.30. The molecule has 1 aromatic rings. The van der Waals surface area contributed by atoms with Crippen molar-refractivity contribution in [1.82, 2.24) is 0 Å². The third kappa shape index (κ3) is 3.40. The molecule has 3 heteroatoms. The van der Waals surface area contributed by atoms with E-state index in [1.54, 1.807) is 32.0 Å². The van der Waals surface area contributed by atoms with Gasteiger partial charge in [-0.2, -0.15) is 0 Å². The van der Waals surface area contributed by atoms with E-state index in [-0.39, 0.29) is 0 Å². The van der Waals surface area contributed by atoms with E-state index >= 15 is 0 Å². The monoisotopic (exact) mass is 228 g/mol. The molecule has 1 aromatic carbocycles. The van der Waals surface area contributed by atoms with Crippen LogP contribution in [0.15, 0.2) is 18.2 Å². The van der Waals surface area contributed by atoms with Gasteiger partial charge < -0.3 is 9.84 Å². The molecule has 0 amide bonds. The van der Waals surface area contributed by atoms with E-state index in [1.807, 2.05) is 6.92 Å². The second-order valence-electron chi connectivity index (χ2n) is 4.05. The van der Waals surface area contributed by atoms with E-state index in [2.05, 4.69) is 0 Å². The van der Waals surface area contributed by atoms with Crippen molar-refractivity contribution in [3.63, 3.8) is 0 Å². The first-order chi connectivity index (χ1) is 6.95. The second-order valence-corrected chi connectivity index (χ2v) is 4.48. The zero-order valence-corrected chi connectivity index (χ0v) is 10.1. The highest BCUT2D eigenvalue weighted by Gasteiger charge is 2.21. The Labute approximate surface area is 95.8 Å². The molecular weight excluding hydrogens is 212 g/mol. The Morgan fingerprint density at radius 2 is 2.07 bits per heavy atom. The van der Waals surface area contributed by atoms with E-state index in [1.165, 1.54) is 0 Å². The van der Waals surface area contributed by atoms with E-state index in [0.717, 1.165) is 12.0 Å². The van der Waals surface area contributed by atoms with Gasteiger partial charge in [0.25, 0.3) is 0 Å². The number of aliphatic hydroxyl groups is 1. The van der Waals surface area contributed by atoms with Gasteiger partial charge in [0.05, 0.1) is 12.2 Å². The molecule has 0 heterocycles. The van der Waals surface area contributed by atoms with Crippen molar-refractivity contribution in [2.75, 3.05) is 6.61 Å². The van der Waals surface area contributed by atoms with Gasteiger partial charge in [-0.05, 0) is 38.5 Å². The molecule has 0 aromatic heterocycles. The summed E-state index contributed by atoms with van der Waals surface area (Å²) >= 11 is 5.89. The fourth-order valence-electron chi connectivity index (χ4n) is 1.32. The highest BCUT2D eigenvalue weighted by Crippen LogP contribution is 2.32. The van der Waals surface area contributed by atoms with Crippen LogP contribution in [-0.2, 0) is 5.60 Å². The Morgan fingerprint density at radius 1 is 1.40 bits per heavy atom. The Bertz CT molecular complexity index is 329. The van der Waals surface area contributed by atoms with E-state index < -0.39 is 5.60 Å². The first kappa shape index (κ1) is 12.3. The van der Waals surface area contributed by atoms with Gasteiger partial charge in [-0.1, -0.05) is 18.5 Å². The quantitative estimate of drug-likeness (QED) is 0.857. The average Bonchev–Trinajstić information content (AvgIpc) is 2.14. The molecular formula is C12H17ClO2. The van der Waals surface area contributed by atoms with Gasteiger partial charge in [0.1, 0.15) is 5.75 Å². The van der Waals surface area contributed by atoms with Crippen LogP contribution in [0.1, 0.15) is 32.8 Å². The summed E-state index contributed by atoms with van der Waals surface area (Å²) in [5.74, 6) is 0.703. The fourth-order valence-corrected chi connectivity index (χ4v) is 1.49. The van der Waals surface area contributed by atoms with Crippen molar-refractivity contribution >= 4 is 11.6 Å². The smallest absolute Gasteiger partial charge is 0.125 e. The SMILES string of the molecule is CCCOc1ccc(Cl)cc1C(C)(C)O. The summed E-state index contributed by atoms with van der Waals surface area (Å²) in [6.07, 6.45) is 0.938. The summed E-state index contributed by atoms with van der Waals surface area (Å²) in [5, 5.41) is 10.6. The summed E-state index contributed by atoms with van der Waals surface area (Å²) in [6, 6.07) is 5.31. The van der Waals surface area contributed by atoms with Gasteiger partial charge in [-0.15, -0.1) is 0 Å². The molecule has 84 valence electrons. The molecule has 1 N–H and O–H groups in total. The number of ether oxygens (including phenoxy) is 1. The molecule has 0 aliphatic rings. The molecule has 1 rings (SSSR count). The van der Waals surface area contributed by atoms with Gasteiger partial charge in [0, 0.05) is 10.6 Å². The largest absolute Gasteiger partial charge is 0.493 e. The van der Waals surface area contributed by atoms with Crippen LogP contribution in [-0.4, -0.2) is 11.7 Å². The maximum atomic E-state index is 9.95. The van der Waals surface area contributed by atoms with Crippen molar-refractivity contribution in [3.05, 3.63) is 28.8 Å². The number of hydrogen-bond acceptors (Lipinski definition) is 2. The summed E-state index contributed by atoms with van der Waals surface area (Å²) in [7, 11) is 0. The summed E-state index contributed by atoms with van der Waals surface area (Å²) in [6.45, 7) is 6.12. The van der Waals surface area contributed by atoms with Crippen LogP contribution >= 0.6 is 11.6 Å². The average molecular weight is 229 g/mol. The highest BCUT2D eigenvalue weighted by molar-refractivity contribution is 6.30. The summed E-state index contributed by atoms with van der Waals surface area (Å²) < 4.78 is 5.55. The molecule has 0 saturated carbocycles. The predicted molar refractivity (Wildman–Crippen MR) is 62.5 cm³/mol. The molecule has 0 bridgehead atoms. The van der Waals surface area contributed by atoms with Gasteiger partial charge in [-0.3, -0.25) is 0 Å². The first-order valence-corrected chi connectivity index (χ1v) is 5.48. The molecule has 0 atom stereocenters. The molecule has 0 radical (unpaired) electrons. The molecule has 15 heavy (non-hydrogen) atoms. The number of halogens is 1. The van der Waals surface area contributed by atoms with Gasteiger partial charge in [-0.25, -0.2) is 0 Å². The minimum Gasteiger partial charge on any atom is -0.493 e. The summed E-state index contributed by atoms with van der Waals surface area (Å²) in [4.78, 5) is 0. The van der Waals surface area contributed by atoms with Crippen molar-refractivity contribution < 1.29 is 9.84 Å². The molecule has 0 spiro atoms. The lowest BCUT2D eigenvalue weighted by Crippen LogP contribution is -2.17. The van der Waals surface area contributed by atoms with Crippen LogP contribution in [0, 0.1) is 0 Å². The third-order valence-electron chi connectivity index (χ3n) is 2.06. The van der Waals surface area contributed by atoms with Crippen LogP contribution in [0.25, 0.3) is 0 Å². The van der Waals surface area contributed by atoms with Crippen LogP contribution in [0.5, 0.6) is 5.75 Å². The Morgan fingerprint density at radius 3 is 2.60 bits per heavy atom. The van der Waals surface area contributed by atoms with Crippen molar-refractivity contribution in [2.45, 2.75) is 32.8 Å². The zero-order valence-electron chi connectivity index (χ0n) is 9.38. The lowest BCUT2D eigenvalue weighted by Gasteiger charge is -2.21. The van der Waals surface area contributed by atoms with Gasteiger partial charge >= 0.3 is 0 Å². The number of benzene rings is 1. The molecule has 0 unspecified atom stereocenters. The van der Waals surface area contributed by atoms with E-state index in [4.69, 9.17) is 16.3 Å². The lowest BCUT2D eigenvalue weighted by molar-refractivity contribution is 0.0747. The fraction of sp³-hybridized carbons (Fsp3) is 0.500. The predicted octanol–water partition coefficient (Wildman–Crippen LogP) is 3.36. The lowest BCUT2D eigenvalue weighted by atomic mass is 9.97. The molecule has 0 saturated heterocycles. The molecule has 0 aliphatic carbocycles. The standard InChI is InChI=1S/C12H17ClO2/c1-4-7-15-11-6-5-9(13)8-10(11)12(2,3)14/h5-6,8,14H,4,7H2,1-3H3. The minimum atomic E-state index is -0.937.